The molecule has 5 nitrogen and oxygen atoms in total. The van der Waals surface area contributed by atoms with Gasteiger partial charge in [-0.05, 0) is 49.4 Å². The summed E-state index contributed by atoms with van der Waals surface area (Å²) in [5, 5.41) is 3.08. The molecule has 2 N–H and O–H groups in total. The molecule has 0 heterocycles. The molecule has 0 radical (unpaired) electrons. The summed E-state index contributed by atoms with van der Waals surface area (Å²) in [5.41, 5.74) is 0.505. The Morgan fingerprint density at radius 2 is 1.68 bits per heavy atom. The van der Waals surface area contributed by atoms with Crippen LogP contribution in [0.2, 0.25) is 0 Å². The van der Waals surface area contributed by atoms with Gasteiger partial charge in [0, 0.05) is 18.2 Å². The van der Waals surface area contributed by atoms with E-state index < -0.39 is 10.0 Å². The lowest BCUT2D eigenvalue weighted by Gasteiger charge is -2.16. The first-order valence-corrected chi connectivity index (χ1v) is 10.8. The van der Waals surface area contributed by atoms with Crippen LogP contribution in [0.25, 0.3) is 0 Å². The first-order chi connectivity index (χ1) is 11.9. The molecule has 0 spiro atoms. The highest BCUT2D eigenvalue weighted by atomic mass is 32.2. The van der Waals surface area contributed by atoms with Crippen molar-refractivity contribution in [2.24, 2.45) is 5.92 Å². The SMILES string of the molecule is CC(C)CCNS(=O)(=O)c1ccc(C(=O)NC2CCCCCC2)cc1. The number of hydrogen-bond donors (Lipinski definition) is 2. The van der Waals surface area contributed by atoms with E-state index in [4.69, 9.17) is 0 Å². The lowest BCUT2D eigenvalue weighted by atomic mass is 10.1. The van der Waals surface area contributed by atoms with Gasteiger partial charge in [-0.15, -0.1) is 0 Å². The van der Waals surface area contributed by atoms with Crippen molar-refractivity contribution in [1.29, 1.82) is 0 Å². The van der Waals surface area contributed by atoms with Gasteiger partial charge >= 0.3 is 0 Å². The highest BCUT2D eigenvalue weighted by molar-refractivity contribution is 7.89. The predicted molar refractivity (Wildman–Crippen MR) is 100 cm³/mol. The highest BCUT2D eigenvalue weighted by Gasteiger charge is 2.17. The van der Waals surface area contributed by atoms with Crippen LogP contribution in [0.1, 0.15) is 69.2 Å². The van der Waals surface area contributed by atoms with Gasteiger partial charge in [-0.2, -0.15) is 0 Å². The standard InChI is InChI=1S/C19H30N2O3S/c1-15(2)13-14-20-25(23,24)18-11-9-16(10-12-18)19(22)21-17-7-5-3-4-6-8-17/h9-12,15,17,20H,3-8,13-14H2,1-2H3,(H,21,22). The zero-order valence-electron chi connectivity index (χ0n) is 15.3. The minimum atomic E-state index is -3.51. The number of hydrogen-bond acceptors (Lipinski definition) is 3. The molecule has 1 aliphatic rings. The molecule has 1 aromatic carbocycles. The maximum Gasteiger partial charge on any atom is 0.251 e. The van der Waals surface area contributed by atoms with E-state index in [2.05, 4.69) is 23.9 Å². The Morgan fingerprint density at radius 1 is 1.08 bits per heavy atom. The second-order valence-corrected chi connectivity index (χ2v) is 9.03. The quantitative estimate of drug-likeness (QED) is 0.726. The fourth-order valence-electron chi connectivity index (χ4n) is 3.04. The van der Waals surface area contributed by atoms with Crippen molar-refractivity contribution < 1.29 is 13.2 Å². The molecule has 6 heteroatoms. The molecule has 1 aliphatic carbocycles. The van der Waals surface area contributed by atoms with E-state index in [1.54, 1.807) is 12.1 Å². The average molecular weight is 367 g/mol. The number of carbonyl (C=O) groups is 1. The minimum absolute atomic E-state index is 0.122. The van der Waals surface area contributed by atoms with Crippen molar-refractivity contribution >= 4 is 15.9 Å². The van der Waals surface area contributed by atoms with E-state index >= 15 is 0 Å². The molecule has 0 bridgehead atoms. The monoisotopic (exact) mass is 366 g/mol. The number of carbonyl (C=O) groups excluding carboxylic acids is 1. The Hall–Kier alpha value is -1.40. The van der Waals surface area contributed by atoms with Crippen LogP contribution in [0, 0.1) is 5.92 Å². The van der Waals surface area contributed by atoms with E-state index in [1.807, 2.05) is 0 Å². The Balaban J connectivity index is 1.94. The molecule has 140 valence electrons. The van der Waals surface area contributed by atoms with Crippen molar-refractivity contribution in [3.05, 3.63) is 29.8 Å². The van der Waals surface area contributed by atoms with Gasteiger partial charge in [0.15, 0.2) is 0 Å². The molecule has 1 aromatic rings. The van der Waals surface area contributed by atoms with Crippen LogP contribution in [-0.4, -0.2) is 26.9 Å². The molecule has 25 heavy (non-hydrogen) atoms. The third-order valence-corrected chi connectivity index (χ3v) is 6.11. The van der Waals surface area contributed by atoms with Gasteiger partial charge in [-0.25, -0.2) is 13.1 Å². The molecular formula is C19H30N2O3S. The third kappa shape index (κ3) is 6.44. The Morgan fingerprint density at radius 3 is 2.24 bits per heavy atom. The third-order valence-electron chi connectivity index (χ3n) is 4.63. The van der Waals surface area contributed by atoms with Crippen LogP contribution in [0.3, 0.4) is 0 Å². The van der Waals surface area contributed by atoms with Crippen LogP contribution in [0.4, 0.5) is 0 Å². The zero-order chi connectivity index (χ0) is 18.3. The molecule has 0 aliphatic heterocycles. The van der Waals surface area contributed by atoms with E-state index in [-0.39, 0.29) is 16.8 Å². The Kier molecular flexibility index (Phi) is 7.44. The number of nitrogens with one attached hydrogen (secondary N) is 2. The summed E-state index contributed by atoms with van der Waals surface area (Å²) in [6, 6.07) is 6.40. The van der Waals surface area contributed by atoms with Crippen LogP contribution < -0.4 is 10.0 Å². The van der Waals surface area contributed by atoms with Gasteiger partial charge in [0.25, 0.3) is 5.91 Å². The van der Waals surface area contributed by atoms with Gasteiger partial charge in [0.05, 0.1) is 4.90 Å². The van der Waals surface area contributed by atoms with Gasteiger partial charge in [0.2, 0.25) is 10.0 Å². The van der Waals surface area contributed by atoms with E-state index in [0.717, 1.165) is 32.1 Å². The summed E-state index contributed by atoms with van der Waals surface area (Å²) in [4.78, 5) is 12.6. The highest BCUT2D eigenvalue weighted by Crippen LogP contribution is 2.18. The number of amides is 1. The van der Waals surface area contributed by atoms with Gasteiger partial charge in [0.1, 0.15) is 0 Å². The molecule has 0 atom stereocenters. The Bertz CT molecular complexity index is 646. The van der Waals surface area contributed by atoms with E-state index in [9.17, 15) is 13.2 Å². The normalized spacial score (nSPS) is 16.6. The maximum absolute atomic E-state index is 12.4. The predicted octanol–water partition coefficient (Wildman–Crippen LogP) is 3.46. The molecule has 1 amide bonds. The molecule has 2 rings (SSSR count). The summed E-state index contributed by atoms with van der Waals surface area (Å²) < 4.78 is 27.1. The largest absolute Gasteiger partial charge is 0.349 e. The smallest absolute Gasteiger partial charge is 0.251 e. The van der Waals surface area contributed by atoms with Crippen molar-refractivity contribution in [1.82, 2.24) is 10.0 Å². The summed E-state index contributed by atoms with van der Waals surface area (Å²) in [6.07, 6.45) is 7.64. The number of rotatable bonds is 7. The second-order valence-electron chi connectivity index (χ2n) is 7.27. The minimum Gasteiger partial charge on any atom is -0.349 e. The molecule has 0 aromatic heterocycles. The van der Waals surface area contributed by atoms with Crippen molar-refractivity contribution in [2.75, 3.05) is 6.54 Å². The van der Waals surface area contributed by atoms with Gasteiger partial charge < -0.3 is 5.32 Å². The van der Waals surface area contributed by atoms with Crippen LogP contribution in [0.5, 0.6) is 0 Å². The van der Waals surface area contributed by atoms with Gasteiger partial charge in [-0.3, -0.25) is 4.79 Å². The topological polar surface area (TPSA) is 75.3 Å². The van der Waals surface area contributed by atoms with Crippen LogP contribution >= 0.6 is 0 Å². The lowest BCUT2D eigenvalue weighted by Crippen LogP contribution is -2.34. The fourth-order valence-corrected chi connectivity index (χ4v) is 4.09. The molecule has 0 unspecified atom stereocenters. The zero-order valence-corrected chi connectivity index (χ0v) is 16.1. The number of benzene rings is 1. The van der Waals surface area contributed by atoms with Crippen LogP contribution in [0.15, 0.2) is 29.2 Å². The molecule has 0 saturated heterocycles. The summed E-state index contributed by atoms with van der Waals surface area (Å²) in [6.45, 7) is 4.52. The van der Waals surface area contributed by atoms with Crippen molar-refractivity contribution in [3.63, 3.8) is 0 Å². The first-order valence-electron chi connectivity index (χ1n) is 9.29. The maximum atomic E-state index is 12.4. The lowest BCUT2D eigenvalue weighted by molar-refractivity contribution is 0.0933. The van der Waals surface area contributed by atoms with Crippen molar-refractivity contribution in [2.45, 2.75) is 69.7 Å². The summed E-state index contributed by atoms with van der Waals surface area (Å²) >= 11 is 0. The summed E-state index contributed by atoms with van der Waals surface area (Å²) in [7, 11) is -3.51. The van der Waals surface area contributed by atoms with Crippen molar-refractivity contribution in [3.8, 4) is 0 Å². The molecule has 1 saturated carbocycles. The molecular weight excluding hydrogens is 336 g/mol. The molecule has 1 fully saturated rings. The van der Waals surface area contributed by atoms with Gasteiger partial charge in [-0.1, -0.05) is 39.5 Å². The van der Waals surface area contributed by atoms with E-state index in [1.165, 1.54) is 25.0 Å². The second kappa shape index (κ2) is 9.34. The first kappa shape index (κ1) is 19.9. The fraction of sp³-hybridized carbons (Fsp3) is 0.632. The van der Waals surface area contributed by atoms with Crippen LogP contribution in [-0.2, 0) is 10.0 Å². The van der Waals surface area contributed by atoms with E-state index in [0.29, 0.717) is 18.0 Å². The number of sulfonamides is 1. The average Bonchev–Trinajstić information content (AvgIpc) is 2.83. The summed E-state index contributed by atoms with van der Waals surface area (Å²) in [5.74, 6) is 0.321. The Labute approximate surface area is 151 Å².